The molecule has 39 heavy (non-hydrogen) atoms. The molecule has 2 aromatic carbocycles. The Balaban J connectivity index is 2.51. The number of hydrogen-bond donors (Lipinski definition) is 2. The SMILES string of the molecule is Cc1c(Oc2c(F)ccc(S(=O)(=O)NC(CCF)S(=O)(=O)CCCF)c2F)ccc(N)c1C(=O)OC(C)(C)C. The summed E-state index contributed by atoms with van der Waals surface area (Å²) in [6.07, 6.45) is -1.28. The second kappa shape index (κ2) is 12.5. The van der Waals surface area contributed by atoms with Crippen LogP contribution < -0.4 is 15.2 Å². The summed E-state index contributed by atoms with van der Waals surface area (Å²) >= 11 is 0. The smallest absolute Gasteiger partial charge is 0.341 e. The van der Waals surface area contributed by atoms with Crippen molar-refractivity contribution in [3.8, 4) is 11.5 Å². The van der Waals surface area contributed by atoms with E-state index in [1.165, 1.54) is 19.1 Å². The summed E-state index contributed by atoms with van der Waals surface area (Å²) in [5.41, 5.74) is 4.89. The van der Waals surface area contributed by atoms with Gasteiger partial charge in [0, 0.05) is 17.7 Å². The molecule has 0 fully saturated rings. The van der Waals surface area contributed by atoms with Gasteiger partial charge in [0.05, 0.1) is 24.7 Å². The predicted octanol–water partition coefficient (Wildman–Crippen LogP) is 4.34. The molecule has 15 heteroatoms. The zero-order chi connectivity index (χ0) is 29.8. The van der Waals surface area contributed by atoms with Gasteiger partial charge in [0.2, 0.25) is 10.0 Å². The Bertz CT molecular complexity index is 1430. The van der Waals surface area contributed by atoms with Crippen LogP contribution in [-0.2, 0) is 24.6 Å². The van der Waals surface area contributed by atoms with Crippen molar-refractivity contribution >= 4 is 31.5 Å². The van der Waals surface area contributed by atoms with Gasteiger partial charge in [-0.25, -0.2) is 30.4 Å². The minimum atomic E-state index is -5.02. The summed E-state index contributed by atoms with van der Waals surface area (Å²) in [5, 5.41) is -2.02. The van der Waals surface area contributed by atoms with E-state index in [9.17, 15) is 34.8 Å². The maximum absolute atomic E-state index is 15.4. The van der Waals surface area contributed by atoms with Gasteiger partial charge in [-0.15, -0.1) is 0 Å². The summed E-state index contributed by atoms with van der Waals surface area (Å²) in [6.45, 7) is 3.96. The van der Waals surface area contributed by atoms with Gasteiger partial charge >= 0.3 is 5.97 Å². The molecule has 2 aromatic rings. The second-order valence-electron chi connectivity index (χ2n) is 9.44. The van der Waals surface area contributed by atoms with Crippen molar-refractivity contribution in [3.63, 3.8) is 0 Å². The number of carbonyl (C=O) groups is 1. The number of sulfonamides is 1. The number of rotatable bonds is 12. The highest BCUT2D eigenvalue weighted by atomic mass is 32.2. The number of nitrogens with one attached hydrogen (secondary N) is 1. The predicted molar refractivity (Wildman–Crippen MR) is 136 cm³/mol. The summed E-state index contributed by atoms with van der Waals surface area (Å²) in [7, 11) is -9.37. The Morgan fingerprint density at radius 1 is 1.05 bits per heavy atom. The van der Waals surface area contributed by atoms with Crippen LogP contribution in [0, 0.1) is 18.6 Å². The van der Waals surface area contributed by atoms with Crippen LogP contribution in [0.3, 0.4) is 0 Å². The van der Waals surface area contributed by atoms with Crippen LogP contribution in [0.5, 0.6) is 11.5 Å². The molecule has 0 spiro atoms. The van der Waals surface area contributed by atoms with Crippen LogP contribution in [0.15, 0.2) is 29.2 Å². The fourth-order valence-corrected chi connectivity index (χ4v) is 6.77. The Kier molecular flexibility index (Phi) is 10.4. The van der Waals surface area contributed by atoms with Crippen molar-refractivity contribution in [2.45, 2.75) is 56.4 Å². The van der Waals surface area contributed by atoms with E-state index in [4.69, 9.17) is 15.2 Å². The van der Waals surface area contributed by atoms with Crippen LogP contribution >= 0.6 is 0 Å². The first kappa shape index (κ1) is 32.3. The number of alkyl halides is 2. The van der Waals surface area contributed by atoms with Gasteiger partial charge in [-0.3, -0.25) is 8.78 Å². The van der Waals surface area contributed by atoms with E-state index in [0.717, 1.165) is 0 Å². The number of hydrogen-bond acceptors (Lipinski definition) is 8. The molecule has 0 heterocycles. The maximum atomic E-state index is 15.4. The van der Waals surface area contributed by atoms with Crippen molar-refractivity contribution in [2.75, 3.05) is 24.8 Å². The fourth-order valence-electron chi connectivity index (χ4n) is 3.40. The van der Waals surface area contributed by atoms with Gasteiger partial charge in [0.1, 0.15) is 21.6 Å². The first-order chi connectivity index (χ1) is 17.9. The van der Waals surface area contributed by atoms with Crippen LogP contribution in [0.1, 0.15) is 49.5 Å². The van der Waals surface area contributed by atoms with E-state index >= 15 is 4.39 Å². The monoisotopic (exact) mass is 598 g/mol. The number of benzene rings is 2. The average Bonchev–Trinajstić information content (AvgIpc) is 2.80. The van der Waals surface area contributed by atoms with Gasteiger partial charge in [0.15, 0.2) is 27.2 Å². The summed E-state index contributed by atoms with van der Waals surface area (Å²) < 4.78 is 118. The van der Waals surface area contributed by atoms with E-state index < -0.39 is 91.0 Å². The Hall–Kier alpha value is -2.91. The Morgan fingerprint density at radius 3 is 2.26 bits per heavy atom. The largest absolute Gasteiger partial charge is 0.456 e. The lowest BCUT2D eigenvalue weighted by Crippen LogP contribution is -2.42. The average molecular weight is 599 g/mol. The number of carbonyl (C=O) groups excluding carboxylic acids is 1. The topological polar surface area (TPSA) is 142 Å². The van der Waals surface area contributed by atoms with Gasteiger partial charge < -0.3 is 15.2 Å². The molecular weight excluding hydrogens is 568 g/mol. The highest BCUT2D eigenvalue weighted by molar-refractivity contribution is 7.94. The van der Waals surface area contributed by atoms with E-state index in [-0.39, 0.29) is 22.6 Å². The minimum absolute atomic E-state index is 0.0107. The first-order valence-electron chi connectivity index (χ1n) is 11.6. The normalized spacial score (nSPS) is 13.2. The minimum Gasteiger partial charge on any atom is -0.456 e. The second-order valence-corrected chi connectivity index (χ2v) is 13.4. The third-order valence-electron chi connectivity index (χ3n) is 5.22. The molecule has 0 radical (unpaired) electrons. The zero-order valence-corrected chi connectivity index (χ0v) is 23.3. The van der Waals surface area contributed by atoms with E-state index in [2.05, 4.69) is 0 Å². The number of anilines is 1. The molecule has 218 valence electrons. The Labute approximate surface area is 224 Å². The van der Waals surface area contributed by atoms with Crippen molar-refractivity contribution in [1.29, 1.82) is 0 Å². The Morgan fingerprint density at radius 2 is 1.69 bits per heavy atom. The number of halogens is 4. The molecule has 0 saturated carbocycles. The molecule has 2 rings (SSSR count). The van der Waals surface area contributed by atoms with Crippen molar-refractivity contribution in [1.82, 2.24) is 4.72 Å². The maximum Gasteiger partial charge on any atom is 0.341 e. The van der Waals surface area contributed by atoms with Crippen molar-refractivity contribution in [2.24, 2.45) is 0 Å². The molecule has 0 aliphatic heterocycles. The van der Waals surface area contributed by atoms with E-state index in [0.29, 0.717) is 12.1 Å². The molecule has 0 amide bonds. The lowest BCUT2D eigenvalue weighted by Gasteiger charge is -2.22. The van der Waals surface area contributed by atoms with Gasteiger partial charge in [-0.1, -0.05) is 0 Å². The molecule has 1 atom stereocenters. The summed E-state index contributed by atoms with van der Waals surface area (Å²) in [5.74, 6) is -6.10. The quantitative estimate of drug-likeness (QED) is 0.209. The van der Waals surface area contributed by atoms with E-state index in [1.54, 1.807) is 25.5 Å². The number of nitrogens with two attached hydrogens (primary N) is 1. The van der Waals surface area contributed by atoms with Gasteiger partial charge in [-0.05, 0) is 58.4 Å². The molecule has 9 nitrogen and oxygen atoms in total. The molecule has 1 unspecified atom stereocenters. The standard InChI is InChI=1S/C24H30F4N2O7S2/c1-14-17(8-7-16(29)20(14)23(31)37-24(2,3)4)36-22-15(27)6-9-18(21(22)28)39(34,35)30-19(10-12-26)38(32,33)13-5-11-25/h6-9,19,30H,5,10-13,29H2,1-4H3. The number of nitrogen functional groups attached to an aromatic ring is 1. The highest BCUT2D eigenvalue weighted by Crippen LogP contribution is 2.36. The summed E-state index contributed by atoms with van der Waals surface area (Å²) in [6, 6.07) is 3.52. The van der Waals surface area contributed by atoms with Crippen molar-refractivity contribution < 1.29 is 48.7 Å². The number of ether oxygens (including phenoxy) is 2. The van der Waals surface area contributed by atoms with Gasteiger partial charge in [0.25, 0.3) is 0 Å². The van der Waals surface area contributed by atoms with Crippen molar-refractivity contribution in [3.05, 3.63) is 47.0 Å². The van der Waals surface area contributed by atoms with Crippen LogP contribution in [-0.4, -0.2) is 52.9 Å². The third kappa shape index (κ3) is 8.05. The molecule has 0 aliphatic carbocycles. The number of esters is 1. The molecule has 0 bridgehead atoms. The zero-order valence-electron chi connectivity index (χ0n) is 21.7. The van der Waals surface area contributed by atoms with Crippen LogP contribution in [0.25, 0.3) is 0 Å². The van der Waals surface area contributed by atoms with Gasteiger partial charge in [-0.2, -0.15) is 4.72 Å². The highest BCUT2D eigenvalue weighted by Gasteiger charge is 2.33. The fraction of sp³-hybridized carbons (Fsp3) is 0.458. The summed E-state index contributed by atoms with van der Waals surface area (Å²) in [4.78, 5) is 11.4. The molecule has 0 aromatic heterocycles. The molecule has 0 saturated heterocycles. The lowest BCUT2D eigenvalue weighted by atomic mass is 10.0. The molecule has 0 aliphatic rings. The third-order valence-corrected chi connectivity index (χ3v) is 8.94. The van der Waals surface area contributed by atoms with E-state index in [1.807, 2.05) is 0 Å². The first-order valence-corrected chi connectivity index (χ1v) is 14.8. The number of sulfone groups is 1. The molecule has 3 N–H and O–H groups in total. The molecular formula is C24H30F4N2O7S2. The van der Waals surface area contributed by atoms with Crippen LogP contribution in [0.2, 0.25) is 0 Å². The lowest BCUT2D eigenvalue weighted by molar-refractivity contribution is 0.00696. The van der Waals surface area contributed by atoms with Crippen LogP contribution in [0.4, 0.5) is 23.2 Å².